The fourth-order valence-corrected chi connectivity index (χ4v) is 2.08. The second kappa shape index (κ2) is 8.68. The van der Waals surface area contributed by atoms with Gasteiger partial charge in [0, 0.05) is 12.1 Å². The highest BCUT2D eigenvalue weighted by Gasteiger charge is 2.08. The zero-order chi connectivity index (χ0) is 14.1. The first-order valence-electron chi connectivity index (χ1n) is 7.19. The van der Waals surface area contributed by atoms with Gasteiger partial charge in [-0.1, -0.05) is 39.0 Å². The van der Waals surface area contributed by atoms with Crippen molar-refractivity contribution in [2.75, 3.05) is 6.54 Å². The van der Waals surface area contributed by atoms with Crippen molar-refractivity contribution in [2.45, 2.75) is 52.4 Å². The molecule has 2 nitrogen and oxygen atoms in total. The van der Waals surface area contributed by atoms with Crippen LogP contribution in [0.3, 0.4) is 0 Å². The summed E-state index contributed by atoms with van der Waals surface area (Å²) in [6.07, 6.45) is 7.22. The van der Waals surface area contributed by atoms with E-state index in [1.54, 1.807) is 13.0 Å². The lowest BCUT2D eigenvalue weighted by molar-refractivity contribution is 0.0952. The van der Waals surface area contributed by atoms with Gasteiger partial charge in [-0.25, -0.2) is 4.39 Å². The van der Waals surface area contributed by atoms with Crippen LogP contribution in [0.15, 0.2) is 18.2 Å². The van der Waals surface area contributed by atoms with E-state index in [9.17, 15) is 9.18 Å². The van der Waals surface area contributed by atoms with Crippen molar-refractivity contribution in [3.63, 3.8) is 0 Å². The Morgan fingerprint density at radius 1 is 1.16 bits per heavy atom. The Morgan fingerprint density at radius 2 is 1.84 bits per heavy atom. The molecule has 0 aromatic heterocycles. The van der Waals surface area contributed by atoms with Gasteiger partial charge in [0.05, 0.1) is 0 Å². The summed E-state index contributed by atoms with van der Waals surface area (Å²) in [5.74, 6) is -0.406. The minimum Gasteiger partial charge on any atom is -0.352 e. The van der Waals surface area contributed by atoms with E-state index in [1.165, 1.54) is 37.8 Å². The molecule has 0 aliphatic heterocycles. The summed E-state index contributed by atoms with van der Waals surface area (Å²) in [6, 6.07) is 4.26. The summed E-state index contributed by atoms with van der Waals surface area (Å²) < 4.78 is 12.9. The van der Waals surface area contributed by atoms with Crippen LogP contribution < -0.4 is 5.32 Å². The Bertz CT molecular complexity index is 404. The molecule has 0 spiro atoms. The smallest absolute Gasteiger partial charge is 0.251 e. The summed E-state index contributed by atoms with van der Waals surface area (Å²) in [5.41, 5.74) is 1.24. The van der Waals surface area contributed by atoms with Gasteiger partial charge in [0.15, 0.2) is 0 Å². The molecule has 0 aliphatic carbocycles. The minimum absolute atomic E-state index is 0.106. The van der Waals surface area contributed by atoms with Gasteiger partial charge < -0.3 is 5.32 Å². The first-order valence-corrected chi connectivity index (χ1v) is 7.19. The number of aryl methyl sites for hydroxylation is 1. The van der Waals surface area contributed by atoms with Crippen LogP contribution in [0.25, 0.3) is 0 Å². The highest BCUT2D eigenvalue weighted by molar-refractivity contribution is 5.95. The summed E-state index contributed by atoms with van der Waals surface area (Å²) in [7, 11) is 0. The van der Waals surface area contributed by atoms with Crippen LogP contribution in [0, 0.1) is 12.7 Å². The molecule has 1 aromatic carbocycles. The SMILES string of the molecule is CCCCCCCCNC(=O)c1ccc(F)cc1C. The van der Waals surface area contributed by atoms with Gasteiger partial charge in [0.25, 0.3) is 5.91 Å². The van der Waals surface area contributed by atoms with E-state index in [1.807, 2.05) is 0 Å². The Labute approximate surface area is 115 Å². The third kappa shape index (κ3) is 5.86. The third-order valence-electron chi connectivity index (χ3n) is 3.25. The zero-order valence-corrected chi connectivity index (χ0v) is 12.0. The summed E-state index contributed by atoms with van der Waals surface area (Å²) in [4.78, 5) is 11.9. The molecule has 1 aromatic rings. The molecule has 0 saturated heterocycles. The number of benzene rings is 1. The van der Waals surface area contributed by atoms with Gasteiger partial charge in [0.2, 0.25) is 0 Å². The number of unbranched alkanes of at least 4 members (excludes halogenated alkanes) is 5. The van der Waals surface area contributed by atoms with E-state index in [-0.39, 0.29) is 11.7 Å². The van der Waals surface area contributed by atoms with Crippen molar-refractivity contribution in [3.05, 3.63) is 35.1 Å². The lowest BCUT2D eigenvalue weighted by Crippen LogP contribution is -2.25. The minimum atomic E-state index is -0.301. The number of hydrogen-bond acceptors (Lipinski definition) is 1. The molecule has 1 N–H and O–H groups in total. The van der Waals surface area contributed by atoms with Crippen molar-refractivity contribution in [3.8, 4) is 0 Å². The summed E-state index contributed by atoms with van der Waals surface area (Å²) in [5, 5.41) is 2.89. The topological polar surface area (TPSA) is 29.1 Å². The predicted molar refractivity (Wildman–Crippen MR) is 76.8 cm³/mol. The maximum absolute atomic E-state index is 12.9. The molecular formula is C16H24FNO. The van der Waals surface area contributed by atoms with E-state index in [0.717, 1.165) is 12.8 Å². The Balaban J connectivity index is 2.24. The molecule has 1 rings (SSSR count). The van der Waals surface area contributed by atoms with Crippen LogP contribution in [0.2, 0.25) is 0 Å². The van der Waals surface area contributed by atoms with Gasteiger partial charge in [0.1, 0.15) is 5.82 Å². The van der Waals surface area contributed by atoms with Crippen LogP contribution >= 0.6 is 0 Å². The molecule has 0 aliphatic rings. The predicted octanol–water partition coefficient (Wildman–Crippen LogP) is 4.22. The Kier molecular flexibility index (Phi) is 7.16. The molecule has 106 valence electrons. The van der Waals surface area contributed by atoms with Crippen LogP contribution in [0.1, 0.15) is 61.4 Å². The lowest BCUT2D eigenvalue weighted by atomic mass is 10.1. The van der Waals surface area contributed by atoms with Crippen molar-refractivity contribution >= 4 is 5.91 Å². The molecule has 1 amide bonds. The molecule has 0 atom stereocenters. The highest BCUT2D eigenvalue weighted by atomic mass is 19.1. The van der Waals surface area contributed by atoms with Crippen molar-refractivity contribution in [2.24, 2.45) is 0 Å². The normalized spacial score (nSPS) is 10.5. The average Bonchev–Trinajstić information content (AvgIpc) is 2.37. The fourth-order valence-electron chi connectivity index (χ4n) is 2.08. The largest absolute Gasteiger partial charge is 0.352 e. The number of halogens is 1. The highest BCUT2D eigenvalue weighted by Crippen LogP contribution is 2.10. The summed E-state index contributed by atoms with van der Waals surface area (Å²) >= 11 is 0. The van der Waals surface area contributed by atoms with E-state index in [4.69, 9.17) is 0 Å². The van der Waals surface area contributed by atoms with Gasteiger partial charge in [-0.15, -0.1) is 0 Å². The molecule has 0 bridgehead atoms. The second-order valence-corrected chi connectivity index (χ2v) is 4.98. The molecule has 0 fully saturated rings. The quantitative estimate of drug-likeness (QED) is 0.700. The van der Waals surface area contributed by atoms with E-state index >= 15 is 0 Å². The van der Waals surface area contributed by atoms with E-state index in [2.05, 4.69) is 12.2 Å². The molecule has 0 saturated carbocycles. The number of amides is 1. The first-order chi connectivity index (χ1) is 9.15. The second-order valence-electron chi connectivity index (χ2n) is 4.98. The van der Waals surface area contributed by atoms with Crippen LogP contribution in [0.5, 0.6) is 0 Å². The van der Waals surface area contributed by atoms with Gasteiger partial charge in [-0.2, -0.15) is 0 Å². The third-order valence-corrected chi connectivity index (χ3v) is 3.25. The monoisotopic (exact) mass is 265 g/mol. The zero-order valence-electron chi connectivity index (χ0n) is 12.0. The van der Waals surface area contributed by atoms with Crippen molar-refractivity contribution in [1.29, 1.82) is 0 Å². The Morgan fingerprint density at radius 3 is 2.53 bits per heavy atom. The number of carbonyl (C=O) groups is 1. The van der Waals surface area contributed by atoms with E-state index < -0.39 is 0 Å². The van der Waals surface area contributed by atoms with Crippen LogP contribution in [-0.2, 0) is 0 Å². The number of rotatable bonds is 8. The standard InChI is InChI=1S/C16H24FNO/c1-3-4-5-6-7-8-11-18-16(19)15-10-9-14(17)12-13(15)2/h9-10,12H,3-8,11H2,1-2H3,(H,18,19). The molecule has 3 heteroatoms. The number of hydrogen-bond donors (Lipinski definition) is 1. The average molecular weight is 265 g/mol. The van der Waals surface area contributed by atoms with Gasteiger partial charge in [-0.3, -0.25) is 4.79 Å². The Hall–Kier alpha value is -1.38. The van der Waals surface area contributed by atoms with Crippen molar-refractivity contribution < 1.29 is 9.18 Å². The number of carbonyl (C=O) groups excluding carboxylic acids is 1. The van der Waals surface area contributed by atoms with Crippen LogP contribution in [0.4, 0.5) is 4.39 Å². The van der Waals surface area contributed by atoms with Crippen LogP contribution in [-0.4, -0.2) is 12.5 Å². The lowest BCUT2D eigenvalue weighted by Gasteiger charge is -2.07. The van der Waals surface area contributed by atoms with Crippen molar-refractivity contribution in [1.82, 2.24) is 5.32 Å². The maximum atomic E-state index is 12.9. The fraction of sp³-hybridized carbons (Fsp3) is 0.562. The van der Waals surface area contributed by atoms with E-state index in [0.29, 0.717) is 17.7 Å². The molecule has 0 unspecified atom stereocenters. The molecule has 0 radical (unpaired) electrons. The molecule has 0 heterocycles. The molecular weight excluding hydrogens is 241 g/mol. The molecule has 19 heavy (non-hydrogen) atoms. The summed E-state index contributed by atoms with van der Waals surface area (Å²) in [6.45, 7) is 4.65. The maximum Gasteiger partial charge on any atom is 0.251 e. The first kappa shape index (κ1) is 15.7. The van der Waals surface area contributed by atoms with Gasteiger partial charge in [-0.05, 0) is 37.1 Å². The number of nitrogens with one attached hydrogen (secondary N) is 1. The van der Waals surface area contributed by atoms with Gasteiger partial charge >= 0.3 is 0 Å².